The van der Waals surface area contributed by atoms with Gasteiger partial charge in [-0.2, -0.15) is 0 Å². The summed E-state index contributed by atoms with van der Waals surface area (Å²) in [4.78, 5) is 4.33. The molecule has 0 atom stereocenters. The minimum atomic E-state index is -3.59. The van der Waals surface area contributed by atoms with Crippen molar-refractivity contribution < 1.29 is 8.42 Å². The Labute approximate surface area is 133 Å². The van der Waals surface area contributed by atoms with Crippen molar-refractivity contribution in [2.45, 2.75) is 44.4 Å². The van der Waals surface area contributed by atoms with Crippen LogP contribution < -0.4 is 0 Å². The molecular weight excluding hydrogens is 296 g/mol. The molecule has 4 nitrogen and oxygen atoms in total. The van der Waals surface area contributed by atoms with Gasteiger partial charge >= 0.3 is 0 Å². The van der Waals surface area contributed by atoms with Crippen molar-refractivity contribution in [3.63, 3.8) is 0 Å². The highest BCUT2D eigenvalue weighted by Gasteiger charge is 2.30. The molecule has 0 spiro atoms. The van der Waals surface area contributed by atoms with Crippen molar-refractivity contribution in [2.75, 3.05) is 6.54 Å². The standard InChI is InChI=1S/C17H24N2O2S/c1-4-14(2)17(18-3)19(13-12-15-10-11-15)22(20,21)16-8-6-5-7-9-16/h5-9,15H,3-4,10-13H2,1-2H3. The molecule has 0 N–H and O–H groups in total. The predicted octanol–water partition coefficient (Wildman–Crippen LogP) is 3.82. The maximum atomic E-state index is 13.0. The van der Waals surface area contributed by atoms with E-state index in [0.717, 1.165) is 18.4 Å². The van der Waals surface area contributed by atoms with Crippen LogP contribution in [0.4, 0.5) is 0 Å². The van der Waals surface area contributed by atoms with Crippen molar-refractivity contribution in [2.24, 2.45) is 10.9 Å². The Morgan fingerprint density at radius 3 is 2.45 bits per heavy atom. The number of hydrogen-bond donors (Lipinski definition) is 0. The lowest BCUT2D eigenvalue weighted by Crippen LogP contribution is -2.32. The molecule has 1 aromatic rings. The van der Waals surface area contributed by atoms with E-state index in [-0.39, 0.29) is 0 Å². The SMILES string of the molecule is C=NC(=C(C)CC)N(CCC1CC1)S(=O)(=O)c1ccccc1. The lowest BCUT2D eigenvalue weighted by molar-refractivity contribution is 0.449. The average Bonchev–Trinajstić information content (AvgIpc) is 3.35. The van der Waals surface area contributed by atoms with Crippen LogP contribution in [0, 0.1) is 5.92 Å². The van der Waals surface area contributed by atoms with Crippen LogP contribution in [0.2, 0.25) is 0 Å². The summed E-state index contributed by atoms with van der Waals surface area (Å²) in [6.45, 7) is 7.96. The molecule has 2 rings (SSSR count). The van der Waals surface area contributed by atoms with Gasteiger partial charge in [0.2, 0.25) is 0 Å². The van der Waals surface area contributed by atoms with Gasteiger partial charge in [-0.25, -0.2) is 17.7 Å². The summed E-state index contributed by atoms with van der Waals surface area (Å²) in [5.74, 6) is 1.13. The molecule has 1 fully saturated rings. The molecule has 120 valence electrons. The molecule has 5 heteroatoms. The van der Waals surface area contributed by atoms with Gasteiger partial charge in [-0.05, 0) is 50.1 Å². The smallest absolute Gasteiger partial charge is 0.250 e. The highest BCUT2D eigenvalue weighted by atomic mass is 32.2. The molecule has 1 aromatic carbocycles. The fourth-order valence-electron chi connectivity index (χ4n) is 2.35. The number of rotatable bonds is 8. The third-order valence-corrected chi connectivity index (χ3v) is 5.87. The number of benzene rings is 1. The van der Waals surface area contributed by atoms with Crippen LogP contribution in [0.25, 0.3) is 0 Å². The maximum Gasteiger partial charge on any atom is 0.265 e. The highest BCUT2D eigenvalue weighted by Crippen LogP contribution is 2.34. The Kier molecular flexibility index (Phi) is 5.40. The lowest BCUT2D eigenvalue weighted by atomic mass is 10.2. The first-order chi connectivity index (χ1) is 10.5. The Morgan fingerprint density at radius 1 is 1.32 bits per heavy atom. The van der Waals surface area contributed by atoms with Gasteiger partial charge in [0.1, 0.15) is 5.82 Å². The van der Waals surface area contributed by atoms with Crippen molar-refractivity contribution in [3.8, 4) is 0 Å². The Balaban J connectivity index is 2.40. The zero-order chi connectivity index (χ0) is 16.2. The Morgan fingerprint density at radius 2 is 1.95 bits per heavy atom. The second-order valence-corrected chi connectivity index (χ2v) is 7.60. The van der Waals surface area contributed by atoms with Gasteiger partial charge in [0.25, 0.3) is 10.0 Å². The zero-order valence-electron chi connectivity index (χ0n) is 13.3. The number of aliphatic imine (C=N–C) groups is 1. The van der Waals surface area contributed by atoms with Crippen molar-refractivity contribution in [1.82, 2.24) is 4.31 Å². The van der Waals surface area contributed by atoms with E-state index in [4.69, 9.17) is 0 Å². The Hall–Kier alpha value is -1.62. The molecule has 0 saturated heterocycles. The first-order valence-electron chi connectivity index (χ1n) is 7.75. The number of allylic oxidation sites excluding steroid dienone is 1. The highest BCUT2D eigenvalue weighted by molar-refractivity contribution is 7.89. The third-order valence-electron chi connectivity index (χ3n) is 4.07. The quantitative estimate of drug-likeness (QED) is 0.684. The summed E-state index contributed by atoms with van der Waals surface area (Å²) < 4.78 is 27.4. The molecule has 1 aliphatic carbocycles. The third kappa shape index (κ3) is 3.77. The van der Waals surface area contributed by atoms with Gasteiger partial charge in [0.15, 0.2) is 0 Å². The molecule has 0 amide bonds. The summed E-state index contributed by atoms with van der Waals surface area (Å²) >= 11 is 0. The molecule has 0 heterocycles. The lowest BCUT2D eigenvalue weighted by Gasteiger charge is -2.26. The molecule has 0 aliphatic heterocycles. The van der Waals surface area contributed by atoms with Crippen LogP contribution in [0.5, 0.6) is 0 Å². The van der Waals surface area contributed by atoms with Crippen LogP contribution in [0.3, 0.4) is 0 Å². The molecule has 22 heavy (non-hydrogen) atoms. The van der Waals surface area contributed by atoms with E-state index < -0.39 is 10.0 Å². The summed E-state index contributed by atoms with van der Waals surface area (Å²) in [5.41, 5.74) is 0.935. The van der Waals surface area contributed by atoms with Crippen LogP contribution in [0.15, 0.2) is 51.6 Å². The molecule has 0 bridgehead atoms. The van der Waals surface area contributed by atoms with Gasteiger partial charge in [-0.15, -0.1) is 0 Å². The minimum Gasteiger partial charge on any atom is -0.250 e. The first-order valence-corrected chi connectivity index (χ1v) is 9.19. The van der Waals surface area contributed by atoms with Gasteiger partial charge in [-0.1, -0.05) is 38.0 Å². The van der Waals surface area contributed by atoms with Gasteiger partial charge in [0, 0.05) is 6.54 Å². The first kappa shape index (κ1) is 16.7. The molecular formula is C17H24N2O2S. The topological polar surface area (TPSA) is 49.7 Å². The number of hydrogen-bond acceptors (Lipinski definition) is 3. The number of sulfonamides is 1. The summed E-state index contributed by atoms with van der Waals surface area (Å²) in [6.07, 6.45) is 4.03. The van der Waals surface area contributed by atoms with Gasteiger partial charge in [0.05, 0.1) is 4.90 Å². The van der Waals surface area contributed by atoms with Crippen molar-refractivity contribution in [1.29, 1.82) is 0 Å². The number of nitrogens with zero attached hydrogens (tertiary/aromatic N) is 2. The Bertz CT molecular complexity index is 646. The van der Waals surface area contributed by atoms with Gasteiger partial charge in [-0.3, -0.25) is 0 Å². The monoisotopic (exact) mass is 320 g/mol. The van der Waals surface area contributed by atoms with E-state index in [1.807, 2.05) is 19.9 Å². The van der Waals surface area contributed by atoms with Crippen molar-refractivity contribution in [3.05, 3.63) is 41.7 Å². The summed E-state index contributed by atoms with van der Waals surface area (Å²) in [7, 11) is -3.59. The summed E-state index contributed by atoms with van der Waals surface area (Å²) in [5, 5.41) is 0. The van der Waals surface area contributed by atoms with Crippen molar-refractivity contribution >= 4 is 16.7 Å². The fraction of sp³-hybridized carbons (Fsp3) is 0.471. The van der Waals surface area contributed by atoms with E-state index in [1.54, 1.807) is 24.3 Å². The predicted molar refractivity (Wildman–Crippen MR) is 90.2 cm³/mol. The molecule has 0 aromatic heterocycles. The van der Waals surface area contributed by atoms with Crippen LogP contribution in [-0.2, 0) is 10.0 Å². The molecule has 0 radical (unpaired) electrons. The minimum absolute atomic E-state index is 0.302. The van der Waals surface area contributed by atoms with E-state index in [2.05, 4.69) is 11.7 Å². The van der Waals surface area contributed by atoms with E-state index in [0.29, 0.717) is 23.2 Å². The second kappa shape index (κ2) is 7.09. The van der Waals surface area contributed by atoms with Gasteiger partial charge < -0.3 is 0 Å². The second-order valence-electron chi connectivity index (χ2n) is 5.74. The largest absolute Gasteiger partial charge is 0.265 e. The average molecular weight is 320 g/mol. The van der Waals surface area contributed by atoms with E-state index in [9.17, 15) is 8.42 Å². The maximum absolute atomic E-state index is 13.0. The van der Waals surface area contributed by atoms with E-state index in [1.165, 1.54) is 17.1 Å². The molecule has 1 aliphatic rings. The van der Waals surface area contributed by atoms with Crippen LogP contribution >= 0.6 is 0 Å². The van der Waals surface area contributed by atoms with Crippen LogP contribution in [-0.4, -0.2) is 26.0 Å². The molecule has 0 unspecified atom stereocenters. The van der Waals surface area contributed by atoms with Crippen LogP contribution in [0.1, 0.15) is 39.5 Å². The zero-order valence-corrected chi connectivity index (χ0v) is 14.1. The van der Waals surface area contributed by atoms with E-state index >= 15 is 0 Å². The summed E-state index contributed by atoms with van der Waals surface area (Å²) in [6, 6.07) is 8.54. The molecule has 1 saturated carbocycles. The fourth-order valence-corrected chi connectivity index (χ4v) is 3.89. The normalized spacial score (nSPS) is 16.1.